The van der Waals surface area contributed by atoms with Crippen molar-refractivity contribution in [2.75, 3.05) is 12.3 Å². The Kier molecular flexibility index (Phi) is 7.71. The summed E-state index contributed by atoms with van der Waals surface area (Å²) in [4.78, 5) is 28.2. The molecule has 0 saturated heterocycles. The zero-order chi connectivity index (χ0) is 18.2. The molecule has 1 atom stereocenters. The highest BCUT2D eigenvalue weighted by atomic mass is 32.2. The maximum atomic E-state index is 11.8. The van der Waals surface area contributed by atoms with E-state index in [1.165, 1.54) is 4.70 Å². The molecule has 136 valence electrons. The van der Waals surface area contributed by atoms with Crippen LogP contribution >= 0.6 is 23.1 Å². The number of aromatic nitrogens is 1. The van der Waals surface area contributed by atoms with Crippen LogP contribution < -0.4 is 5.32 Å². The van der Waals surface area contributed by atoms with E-state index in [9.17, 15) is 9.59 Å². The van der Waals surface area contributed by atoms with E-state index in [1.807, 2.05) is 32.0 Å². The molecule has 7 heteroatoms. The van der Waals surface area contributed by atoms with Gasteiger partial charge in [-0.25, -0.2) is 4.98 Å². The van der Waals surface area contributed by atoms with E-state index < -0.39 is 6.10 Å². The number of hydrogen-bond acceptors (Lipinski definition) is 6. The Labute approximate surface area is 156 Å². The predicted molar refractivity (Wildman–Crippen MR) is 103 cm³/mol. The summed E-state index contributed by atoms with van der Waals surface area (Å²) < 4.78 is 7.35. The zero-order valence-corrected chi connectivity index (χ0v) is 16.4. The molecular weight excluding hydrogens is 356 g/mol. The van der Waals surface area contributed by atoms with E-state index in [1.54, 1.807) is 30.0 Å². The lowest BCUT2D eigenvalue weighted by Gasteiger charge is -2.14. The zero-order valence-electron chi connectivity index (χ0n) is 14.8. The summed E-state index contributed by atoms with van der Waals surface area (Å²) in [5.74, 6) is 0.581. The number of nitrogens with zero attached hydrogens (tertiary/aromatic N) is 1. The second-order valence-electron chi connectivity index (χ2n) is 6.17. The minimum absolute atomic E-state index is 0.245. The maximum Gasteiger partial charge on any atom is 0.306 e. The predicted octanol–water partition coefficient (Wildman–Crippen LogP) is 3.87. The molecule has 0 fully saturated rings. The van der Waals surface area contributed by atoms with E-state index in [0.717, 1.165) is 15.6 Å². The highest BCUT2D eigenvalue weighted by Crippen LogP contribution is 2.29. The van der Waals surface area contributed by atoms with Crippen LogP contribution in [0.4, 0.5) is 0 Å². The van der Waals surface area contributed by atoms with Gasteiger partial charge in [0.2, 0.25) is 0 Å². The van der Waals surface area contributed by atoms with Crippen LogP contribution in [-0.2, 0) is 14.3 Å². The summed E-state index contributed by atoms with van der Waals surface area (Å²) in [5.41, 5.74) is 1.01. The third-order valence-electron chi connectivity index (χ3n) is 3.39. The third-order valence-corrected chi connectivity index (χ3v) is 5.65. The standard InChI is InChI=1S/C18H24N2O3S2/c1-12(2)11-19-17(22)13(3)23-16(21)9-6-10-24-18-20-14-7-4-5-8-15(14)25-18/h4-5,7-8,12-13H,6,9-11H2,1-3H3,(H,19,22)/t13-/m1/s1. The van der Waals surface area contributed by atoms with Crippen molar-refractivity contribution in [1.29, 1.82) is 0 Å². The van der Waals surface area contributed by atoms with E-state index in [2.05, 4.69) is 16.4 Å². The van der Waals surface area contributed by atoms with E-state index in [4.69, 9.17) is 4.74 Å². The van der Waals surface area contributed by atoms with Crippen LogP contribution in [-0.4, -0.2) is 35.3 Å². The number of benzene rings is 1. The maximum absolute atomic E-state index is 11.8. The Morgan fingerprint density at radius 1 is 1.28 bits per heavy atom. The number of rotatable bonds is 9. The summed E-state index contributed by atoms with van der Waals surface area (Å²) in [6.45, 7) is 6.21. The van der Waals surface area contributed by atoms with Crippen molar-refractivity contribution < 1.29 is 14.3 Å². The topological polar surface area (TPSA) is 68.3 Å². The second-order valence-corrected chi connectivity index (χ2v) is 8.54. The number of esters is 1. The molecule has 1 aromatic carbocycles. The summed E-state index contributed by atoms with van der Waals surface area (Å²) >= 11 is 3.31. The van der Waals surface area contributed by atoms with E-state index in [-0.39, 0.29) is 11.9 Å². The fourth-order valence-corrected chi connectivity index (χ4v) is 4.13. The third kappa shape index (κ3) is 6.66. The van der Waals surface area contributed by atoms with Gasteiger partial charge in [0.15, 0.2) is 10.4 Å². The normalized spacial score (nSPS) is 12.3. The first kappa shape index (κ1) is 19.7. The number of fused-ring (bicyclic) bond motifs is 1. The number of amides is 1. The number of nitrogens with one attached hydrogen (secondary N) is 1. The van der Waals surface area contributed by atoms with Crippen molar-refractivity contribution in [2.45, 2.75) is 44.1 Å². The summed E-state index contributed by atoms with van der Waals surface area (Å²) in [7, 11) is 0. The van der Waals surface area contributed by atoms with Gasteiger partial charge in [0.1, 0.15) is 0 Å². The first-order valence-corrected chi connectivity index (χ1v) is 10.2. The van der Waals surface area contributed by atoms with Crippen molar-refractivity contribution >= 4 is 45.2 Å². The molecule has 5 nitrogen and oxygen atoms in total. The fraction of sp³-hybridized carbons (Fsp3) is 0.500. The molecule has 2 rings (SSSR count). The van der Waals surface area contributed by atoms with Gasteiger partial charge in [-0.1, -0.05) is 37.7 Å². The molecule has 1 amide bonds. The number of thiazole rings is 1. The second kappa shape index (κ2) is 9.77. The largest absolute Gasteiger partial charge is 0.453 e. The molecule has 25 heavy (non-hydrogen) atoms. The van der Waals surface area contributed by atoms with Gasteiger partial charge in [-0.3, -0.25) is 9.59 Å². The number of para-hydroxylation sites is 1. The molecule has 1 N–H and O–H groups in total. The van der Waals surface area contributed by atoms with Crippen molar-refractivity contribution in [3.8, 4) is 0 Å². The van der Waals surface area contributed by atoms with Gasteiger partial charge in [-0.15, -0.1) is 11.3 Å². The molecule has 0 saturated carbocycles. The highest BCUT2D eigenvalue weighted by molar-refractivity contribution is 8.01. The summed E-state index contributed by atoms with van der Waals surface area (Å²) in [6.07, 6.45) is 0.252. The monoisotopic (exact) mass is 380 g/mol. The van der Waals surface area contributed by atoms with Crippen molar-refractivity contribution in [2.24, 2.45) is 5.92 Å². The lowest BCUT2D eigenvalue weighted by atomic mass is 10.2. The molecule has 0 aliphatic rings. The van der Waals surface area contributed by atoms with Crippen LogP contribution in [0.1, 0.15) is 33.6 Å². The Morgan fingerprint density at radius 3 is 2.76 bits per heavy atom. The van der Waals surface area contributed by atoms with E-state index >= 15 is 0 Å². The average molecular weight is 381 g/mol. The summed E-state index contributed by atoms with van der Waals surface area (Å²) in [5, 5.41) is 2.76. The number of carbonyl (C=O) groups is 2. The van der Waals surface area contributed by atoms with E-state index in [0.29, 0.717) is 25.3 Å². The van der Waals surface area contributed by atoms with Gasteiger partial charge in [0.25, 0.3) is 5.91 Å². The van der Waals surface area contributed by atoms with Crippen LogP contribution in [0, 0.1) is 5.92 Å². The van der Waals surface area contributed by atoms with Gasteiger partial charge in [0, 0.05) is 18.7 Å². The molecule has 0 unspecified atom stereocenters. The number of ether oxygens (including phenoxy) is 1. The van der Waals surface area contributed by atoms with Crippen LogP contribution in [0.5, 0.6) is 0 Å². The quantitative estimate of drug-likeness (QED) is 0.406. The Hall–Kier alpha value is -1.60. The molecule has 1 aromatic heterocycles. The molecule has 1 heterocycles. The first-order valence-electron chi connectivity index (χ1n) is 8.41. The molecule has 0 aliphatic carbocycles. The minimum atomic E-state index is -0.747. The van der Waals surface area contributed by atoms with Crippen LogP contribution in [0.3, 0.4) is 0 Å². The number of thioether (sulfide) groups is 1. The van der Waals surface area contributed by atoms with Gasteiger partial charge in [-0.05, 0) is 31.4 Å². The van der Waals surface area contributed by atoms with Gasteiger partial charge < -0.3 is 10.1 Å². The highest BCUT2D eigenvalue weighted by Gasteiger charge is 2.17. The molecular formula is C18H24N2O3S2. The SMILES string of the molecule is CC(C)CNC(=O)[C@@H](C)OC(=O)CCCSc1nc2ccccc2s1. The van der Waals surface area contributed by atoms with Crippen LogP contribution in [0.2, 0.25) is 0 Å². The molecule has 0 aliphatic heterocycles. The van der Waals surface area contributed by atoms with Gasteiger partial charge in [-0.2, -0.15) is 0 Å². The number of hydrogen-bond donors (Lipinski definition) is 1. The Balaban J connectivity index is 1.65. The Bertz CT molecular complexity index is 682. The van der Waals surface area contributed by atoms with Gasteiger partial charge >= 0.3 is 5.97 Å². The summed E-state index contributed by atoms with van der Waals surface area (Å²) in [6, 6.07) is 8.04. The molecule has 2 aromatic rings. The van der Waals surface area contributed by atoms with Crippen molar-refractivity contribution in [3.63, 3.8) is 0 Å². The lowest BCUT2D eigenvalue weighted by molar-refractivity contribution is -0.154. The van der Waals surface area contributed by atoms with Crippen LogP contribution in [0.15, 0.2) is 28.6 Å². The molecule has 0 radical (unpaired) electrons. The minimum Gasteiger partial charge on any atom is -0.453 e. The molecule has 0 bridgehead atoms. The van der Waals surface area contributed by atoms with Crippen molar-refractivity contribution in [3.05, 3.63) is 24.3 Å². The molecule has 0 spiro atoms. The average Bonchev–Trinajstić information content (AvgIpc) is 2.99. The van der Waals surface area contributed by atoms with Crippen LogP contribution in [0.25, 0.3) is 10.2 Å². The Morgan fingerprint density at radius 2 is 2.04 bits per heavy atom. The van der Waals surface area contributed by atoms with Gasteiger partial charge in [0.05, 0.1) is 10.2 Å². The first-order chi connectivity index (χ1) is 12.0. The smallest absolute Gasteiger partial charge is 0.306 e. The lowest BCUT2D eigenvalue weighted by Crippen LogP contribution is -2.37. The fourth-order valence-electron chi connectivity index (χ4n) is 2.05. The van der Waals surface area contributed by atoms with Crippen molar-refractivity contribution in [1.82, 2.24) is 10.3 Å². The number of carbonyl (C=O) groups excluding carboxylic acids is 2.